The molecule has 3 N–H and O–H groups in total. The molecule has 0 radical (unpaired) electrons. The van der Waals surface area contributed by atoms with E-state index in [4.69, 9.17) is 0 Å². The van der Waals surface area contributed by atoms with E-state index >= 15 is 0 Å². The Balaban J connectivity index is 4.75. The van der Waals surface area contributed by atoms with Gasteiger partial charge in [-0.15, -0.1) is 6.58 Å². The SMILES string of the molecule is C=C(C)CC(C(=O)O)(C(CCCCCCCCCCC(C)C)C(=O)O)S(=O)(=O)O. The number of carboxylic acids is 2. The Labute approximate surface area is 175 Å². The highest BCUT2D eigenvalue weighted by Gasteiger charge is 2.59. The van der Waals surface area contributed by atoms with Crippen LogP contribution in [0.5, 0.6) is 0 Å². The number of carboxylic acid groups (broad SMARTS) is 2. The molecule has 0 rings (SSSR count). The molecule has 29 heavy (non-hydrogen) atoms. The van der Waals surface area contributed by atoms with Crippen LogP contribution in [0.1, 0.15) is 91.4 Å². The van der Waals surface area contributed by atoms with Gasteiger partial charge < -0.3 is 10.2 Å². The summed E-state index contributed by atoms with van der Waals surface area (Å²) in [5, 5.41) is 19.1. The van der Waals surface area contributed by atoms with E-state index in [1.807, 2.05) is 0 Å². The van der Waals surface area contributed by atoms with Crippen molar-refractivity contribution < 1.29 is 32.8 Å². The highest BCUT2D eigenvalue weighted by Crippen LogP contribution is 2.37. The van der Waals surface area contributed by atoms with E-state index in [1.54, 1.807) is 0 Å². The van der Waals surface area contributed by atoms with Crippen molar-refractivity contribution in [3.05, 3.63) is 12.2 Å². The summed E-state index contributed by atoms with van der Waals surface area (Å²) in [5.74, 6) is -4.43. The molecular weight excluding hydrogens is 396 g/mol. The average Bonchev–Trinajstić information content (AvgIpc) is 2.56. The van der Waals surface area contributed by atoms with Gasteiger partial charge in [0.2, 0.25) is 4.75 Å². The van der Waals surface area contributed by atoms with Crippen LogP contribution in [-0.4, -0.2) is 39.9 Å². The molecule has 8 heteroatoms. The Morgan fingerprint density at radius 1 is 0.897 bits per heavy atom. The van der Waals surface area contributed by atoms with E-state index in [1.165, 1.54) is 26.2 Å². The van der Waals surface area contributed by atoms with Crippen LogP contribution < -0.4 is 0 Å². The van der Waals surface area contributed by atoms with Crippen molar-refractivity contribution in [2.24, 2.45) is 11.8 Å². The lowest BCUT2D eigenvalue weighted by molar-refractivity contribution is -0.152. The van der Waals surface area contributed by atoms with Crippen LogP contribution in [0.25, 0.3) is 0 Å². The Hall–Kier alpha value is -1.41. The van der Waals surface area contributed by atoms with E-state index in [2.05, 4.69) is 20.4 Å². The third-order valence-corrected chi connectivity index (χ3v) is 6.80. The van der Waals surface area contributed by atoms with Crippen LogP contribution in [0.4, 0.5) is 0 Å². The Kier molecular flexibility index (Phi) is 12.4. The van der Waals surface area contributed by atoms with Crippen LogP contribution in [0.3, 0.4) is 0 Å². The minimum Gasteiger partial charge on any atom is -0.481 e. The zero-order valence-electron chi connectivity index (χ0n) is 18.0. The Morgan fingerprint density at radius 2 is 1.31 bits per heavy atom. The number of rotatable bonds is 17. The summed E-state index contributed by atoms with van der Waals surface area (Å²) < 4.78 is 30.7. The van der Waals surface area contributed by atoms with E-state index in [-0.39, 0.29) is 12.0 Å². The molecule has 2 unspecified atom stereocenters. The first kappa shape index (κ1) is 27.6. The lowest BCUT2D eigenvalue weighted by Crippen LogP contribution is -2.55. The fourth-order valence-corrected chi connectivity index (χ4v) is 4.92. The summed E-state index contributed by atoms with van der Waals surface area (Å²) >= 11 is 0. The van der Waals surface area contributed by atoms with Gasteiger partial charge in [0.25, 0.3) is 10.1 Å². The molecule has 0 amide bonds. The number of aliphatic carboxylic acids is 2. The van der Waals surface area contributed by atoms with Crippen molar-refractivity contribution in [2.75, 3.05) is 0 Å². The molecule has 0 aromatic carbocycles. The second kappa shape index (κ2) is 13.0. The second-order valence-electron chi connectivity index (χ2n) is 8.49. The monoisotopic (exact) mass is 434 g/mol. The van der Waals surface area contributed by atoms with Crippen molar-refractivity contribution in [1.29, 1.82) is 0 Å². The third kappa shape index (κ3) is 9.30. The van der Waals surface area contributed by atoms with Crippen molar-refractivity contribution in [3.8, 4) is 0 Å². The quantitative estimate of drug-likeness (QED) is 0.168. The molecule has 7 nitrogen and oxygen atoms in total. The number of unbranched alkanes of at least 4 members (excludes halogenated alkanes) is 7. The van der Waals surface area contributed by atoms with Gasteiger partial charge in [-0.05, 0) is 19.3 Å². The van der Waals surface area contributed by atoms with Gasteiger partial charge in [-0.25, -0.2) is 0 Å². The normalized spacial score (nSPS) is 15.1. The molecule has 0 saturated heterocycles. The van der Waals surface area contributed by atoms with E-state index < -0.39 is 39.1 Å². The first-order valence-electron chi connectivity index (χ1n) is 10.4. The number of hydrogen-bond donors (Lipinski definition) is 3. The van der Waals surface area contributed by atoms with Gasteiger partial charge in [-0.2, -0.15) is 8.42 Å². The minimum absolute atomic E-state index is 0.136. The summed E-state index contributed by atoms with van der Waals surface area (Å²) in [6, 6.07) is 0. The Bertz CT molecular complexity index is 639. The second-order valence-corrected chi connectivity index (χ2v) is 10.2. The van der Waals surface area contributed by atoms with Gasteiger partial charge in [-0.1, -0.05) is 77.2 Å². The maximum atomic E-state index is 11.9. The molecule has 0 aliphatic carbocycles. The smallest absolute Gasteiger partial charge is 0.328 e. The molecule has 0 aromatic rings. The zero-order valence-corrected chi connectivity index (χ0v) is 18.8. The predicted molar refractivity (Wildman–Crippen MR) is 113 cm³/mol. The Morgan fingerprint density at radius 3 is 1.62 bits per heavy atom. The molecule has 0 aliphatic rings. The van der Waals surface area contributed by atoms with Crippen LogP contribution >= 0.6 is 0 Å². The zero-order chi connectivity index (χ0) is 22.7. The van der Waals surface area contributed by atoms with Crippen molar-refractivity contribution >= 4 is 22.1 Å². The molecule has 0 aliphatic heterocycles. The van der Waals surface area contributed by atoms with Crippen LogP contribution in [-0.2, 0) is 19.7 Å². The average molecular weight is 435 g/mol. The highest BCUT2D eigenvalue weighted by molar-refractivity contribution is 7.88. The summed E-state index contributed by atoms with van der Waals surface area (Å²) in [7, 11) is -5.17. The molecule has 170 valence electrons. The third-order valence-electron chi connectivity index (χ3n) is 5.27. The maximum Gasteiger partial charge on any atom is 0.328 e. The standard InChI is InChI=1S/C21H38O7S/c1-16(2)13-11-9-7-5-6-8-10-12-14-18(19(22)23)21(20(24)25,15-17(3)4)29(26,27)28/h16,18H,3,5-15H2,1-2,4H3,(H,22,23)(H,24,25)(H,26,27,28). The van der Waals surface area contributed by atoms with Crippen LogP contribution in [0.15, 0.2) is 12.2 Å². The number of hydrogen-bond acceptors (Lipinski definition) is 4. The largest absolute Gasteiger partial charge is 0.481 e. The lowest BCUT2D eigenvalue weighted by atomic mass is 9.82. The molecule has 0 saturated carbocycles. The molecule has 0 spiro atoms. The first-order chi connectivity index (χ1) is 13.4. The van der Waals surface area contributed by atoms with Gasteiger partial charge in [0.15, 0.2) is 0 Å². The topological polar surface area (TPSA) is 129 Å². The van der Waals surface area contributed by atoms with Crippen molar-refractivity contribution in [3.63, 3.8) is 0 Å². The van der Waals surface area contributed by atoms with Gasteiger partial charge >= 0.3 is 11.9 Å². The van der Waals surface area contributed by atoms with Crippen LogP contribution in [0.2, 0.25) is 0 Å². The summed E-state index contributed by atoms with van der Waals surface area (Å²) in [5.41, 5.74) is 0.175. The van der Waals surface area contributed by atoms with Gasteiger partial charge in [0.05, 0.1) is 5.92 Å². The molecule has 2 atom stereocenters. The number of carbonyl (C=O) groups is 2. The fourth-order valence-electron chi connectivity index (χ4n) is 3.70. The van der Waals surface area contributed by atoms with Crippen molar-refractivity contribution in [2.45, 2.75) is 96.1 Å². The lowest BCUT2D eigenvalue weighted by Gasteiger charge is -2.32. The van der Waals surface area contributed by atoms with E-state index in [0.29, 0.717) is 12.8 Å². The summed E-state index contributed by atoms with van der Waals surface area (Å²) in [4.78, 5) is 23.5. The van der Waals surface area contributed by atoms with Crippen LogP contribution in [0, 0.1) is 11.8 Å². The molecular formula is C21H38O7S. The van der Waals surface area contributed by atoms with Gasteiger partial charge in [0, 0.05) is 6.42 Å². The van der Waals surface area contributed by atoms with E-state index in [9.17, 15) is 32.8 Å². The van der Waals surface area contributed by atoms with Gasteiger partial charge in [-0.3, -0.25) is 14.1 Å². The summed E-state index contributed by atoms with van der Waals surface area (Å²) in [6.45, 7) is 9.33. The van der Waals surface area contributed by atoms with Gasteiger partial charge in [0.1, 0.15) is 0 Å². The molecule has 0 heterocycles. The molecule has 0 bridgehead atoms. The molecule has 0 aromatic heterocycles. The van der Waals surface area contributed by atoms with Crippen molar-refractivity contribution in [1.82, 2.24) is 0 Å². The fraction of sp³-hybridized carbons (Fsp3) is 0.810. The number of allylic oxidation sites excluding steroid dienone is 1. The maximum absolute atomic E-state index is 11.9. The predicted octanol–water partition coefficient (Wildman–Crippen LogP) is 4.92. The molecule has 0 fully saturated rings. The minimum atomic E-state index is -5.17. The summed E-state index contributed by atoms with van der Waals surface area (Å²) in [6.07, 6.45) is 8.10. The first-order valence-corrected chi connectivity index (χ1v) is 11.9. The van der Waals surface area contributed by atoms with E-state index in [0.717, 1.165) is 31.6 Å². The highest BCUT2D eigenvalue weighted by atomic mass is 32.2.